The molecule has 0 aromatic heterocycles. The Hall–Kier alpha value is -2.41. The molecule has 0 nitrogen and oxygen atoms in total. The summed E-state index contributed by atoms with van der Waals surface area (Å²) in [4.78, 5) is 0. The Morgan fingerprint density at radius 3 is 1.89 bits per heavy atom. The topological polar surface area (TPSA) is 0 Å². The van der Waals surface area contributed by atoms with Crippen molar-refractivity contribution in [3.05, 3.63) is 83.7 Å². The summed E-state index contributed by atoms with van der Waals surface area (Å²) in [5.74, 6) is 1.12. The Morgan fingerprint density at radius 1 is 0.704 bits per heavy atom. The Labute approximate surface area is 163 Å². The van der Waals surface area contributed by atoms with Gasteiger partial charge in [-0.3, -0.25) is 0 Å². The molecule has 27 heavy (non-hydrogen) atoms. The van der Waals surface area contributed by atoms with Gasteiger partial charge in [-0.05, 0) is 53.5 Å². The third-order valence-corrected chi connectivity index (χ3v) is 5.32. The fraction of sp³-hybridized carbons (Fsp3) is 0.308. The van der Waals surface area contributed by atoms with E-state index in [4.69, 9.17) is 0 Å². The van der Waals surface area contributed by atoms with Crippen molar-refractivity contribution in [2.75, 3.05) is 0 Å². The van der Waals surface area contributed by atoms with Crippen LogP contribution >= 0.6 is 0 Å². The molecular weight excluding hydrogens is 331 g/mol. The summed E-state index contributed by atoms with van der Waals surface area (Å²) >= 11 is 0. The van der Waals surface area contributed by atoms with E-state index in [1.165, 1.54) is 24.0 Å². The van der Waals surface area contributed by atoms with Crippen molar-refractivity contribution in [3.8, 4) is 22.3 Å². The maximum absolute atomic E-state index is 14.7. The maximum atomic E-state index is 14.7. The lowest BCUT2D eigenvalue weighted by Gasteiger charge is -2.14. The van der Waals surface area contributed by atoms with Gasteiger partial charge in [-0.1, -0.05) is 93.4 Å². The fourth-order valence-electron chi connectivity index (χ4n) is 3.42. The number of halogens is 1. The standard InChI is InChI=1S/C26H29F/c1-18(2)5-8-20(4)21-11-13-22(14-12-21)24-15-16-25(26(27)17-24)23-9-6-19(3)7-10-23/h6-7,9-18,20H,5,8H2,1-4H3. The van der Waals surface area contributed by atoms with Crippen molar-refractivity contribution in [1.29, 1.82) is 0 Å². The number of aryl methyl sites for hydroxylation is 1. The molecule has 0 aliphatic heterocycles. The van der Waals surface area contributed by atoms with Gasteiger partial charge in [0.15, 0.2) is 0 Å². The molecule has 1 unspecified atom stereocenters. The van der Waals surface area contributed by atoms with Crippen molar-refractivity contribution >= 4 is 0 Å². The largest absolute Gasteiger partial charge is 0.206 e. The lowest BCUT2D eigenvalue weighted by molar-refractivity contribution is 0.517. The molecule has 1 heteroatoms. The van der Waals surface area contributed by atoms with Gasteiger partial charge in [-0.15, -0.1) is 0 Å². The normalized spacial score (nSPS) is 12.4. The predicted octanol–water partition coefficient (Wildman–Crippen LogP) is 8.01. The van der Waals surface area contributed by atoms with Gasteiger partial charge in [0, 0.05) is 5.56 Å². The molecule has 0 N–H and O–H groups in total. The average Bonchev–Trinajstić information content (AvgIpc) is 2.67. The number of benzene rings is 3. The molecule has 1 atom stereocenters. The minimum Gasteiger partial charge on any atom is -0.206 e. The molecule has 0 saturated carbocycles. The number of hydrogen-bond acceptors (Lipinski definition) is 0. The van der Waals surface area contributed by atoms with E-state index in [2.05, 4.69) is 45.0 Å². The molecule has 0 fully saturated rings. The van der Waals surface area contributed by atoms with Crippen LogP contribution in [0.15, 0.2) is 66.7 Å². The van der Waals surface area contributed by atoms with Gasteiger partial charge < -0.3 is 0 Å². The van der Waals surface area contributed by atoms with E-state index in [0.29, 0.717) is 11.5 Å². The zero-order chi connectivity index (χ0) is 19.4. The van der Waals surface area contributed by atoms with Crippen LogP contribution in [0.4, 0.5) is 4.39 Å². The van der Waals surface area contributed by atoms with E-state index >= 15 is 0 Å². The van der Waals surface area contributed by atoms with Crippen molar-refractivity contribution in [2.24, 2.45) is 5.92 Å². The zero-order valence-corrected chi connectivity index (χ0v) is 16.8. The first-order chi connectivity index (χ1) is 12.9. The summed E-state index contributed by atoms with van der Waals surface area (Å²) in [5, 5.41) is 0. The highest BCUT2D eigenvalue weighted by Gasteiger charge is 2.10. The van der Waals surface area contributed by atoms with Crippen LogP contribution in [-0.4, -0.2) is 0 Å². The first-order valence-corrected chi connectivity index (χ1v) is 9.91. The monoisotopic (exact) mass is 360 g/mol. The van der Waals surface area contributed by atoms with Crippen LogP contribution in [0.5, 0.6) is 0 Å². The van der Waals surface area contributed by atoms with Crippen molar-refractivity contribution in [1.82, 2.24) is 0 Å². The molecule has 0 heterocycles. The highest BCUT2D eigenvalue weighted by atomic mass is 19.1. The molecule has 0 radical (unpaired) electrons. The van der Waals surface area contributed by atoms with Crippen LogP contribution in [0, 0.1) is 18.7 Å². The lowest BCUT2D eigenvalue weighted by Crippen LogP contribution is -1.97. The van der Waals surface area contributed by atoms with Gasteiger partial charge in [0.25, 0.3) is 0 Å². The molecule has 0 spiro atoms. The van der Waals surface area contributed by atoms with Crippen molar-refractivity contribution < 1.29 is 4.39 Å². The Balaban J connectivity index is 1.78. The second-order valence-electron chi connectivity index (χ2n) is 8.05. The summed E-state index contributed by atoms with van der Waals surface area (Å²) < 4.78 is 14.7. The van der Waals surface area contributed by atoms with Crippen LogP contribution in [-0.2, 0) is 0 Å². The minimum atomic E-state index is -0.175. The second-order valence-corrected chi connectivity index (χ2v) is 8.05. The Bertz CT molecular complexity index is 873. The predicted molar refractivity (Wildman–Crippen MR) is 114 cm³/mol. The van der Waals surface area contributed by atoms with Gasteiger partial charge in [0.1, 0.15) is 5.82 Å². The van der Waals surface area contributed by atoms with Crippen LogP contribution < -0.4 is 0 Å². The average molecular weight is 361 g/mol. The summed E-state index contributed by atoms with van der Waals surface area (Å²) in [6.45, 7) is 8.86. The van der Waals surface area contributed by atoms with Crippen LogP contribution in [0.1, 0.15) is 50.7 Å². The molecule has 0 aliphatic rings. The Kier molecular flexibility index (Phi) is 6.11. The summed E-state index contributed by atoms with van der Waals surface area (Å²) in [7, 11) is 0. The van der Waals surface area contributed by atoms with E-state index in [9.17, 15) is 4.39 Å². The van der Waals surface area contributed by atoms with Crippen LogP contribution in [0.25, 0.3) is 22.3 Å². The minimum absolute atomic E-state index is 0.175. The van der Waals surface area contributed by atoms with Gasteiger partial charge in [0.05, 0.1) is 0 Å². The highest BCUT2D eigenvalue weighted by Crippen LogP contribution is 2.30. The van der Waals surface area contributed by atoms with E-state index in [1.54, 1.807) is 6.07 Å². The first kappa shape index (κ1) is 19.4. The summed E-state index contributed by atoms with van der Waals surface area (Å²) in [6.07, 6.45) is 2.45. The van der Waals surface area contributed by atoms with Gasteiger partial charge in [-0.2, -0.15) is 0 Å². The molecule has 3 rings (SSSR count). The van der Waals surface area contributed by atoms with Gasteiger partial charge in [-0.25, -0.2) is 4.39 Å². The van der Waals surface area contributed by atoms with E-state index in [-0.39, 0.29) is 5.82 Å². The molecule has 3 aromatic rings. The zero-order valence-electron chi connectivity index (χ0n) is 16.8. The van der Waals surface area contributed by atoms with E-state index in [1.807, 2.05) is 43.3 Å². The van der Waals surface area contributed by atoms with Crippen molar-refractivity contribution in [2.45, 2.75) is 46.5 Å². The lowest BCUT2D eigenvalue weighted by atomic mass is 9.91. The maximum Gasteiger partial charge on any atom is 0.131 e. The third-order valence-electron chi connectivity index (χ3n) is 5.32. The Morgan fingerprint density at radius 2 is 1.30 bits per heavy atom. The SMILES string of the molecule is Cc1ccc(-c2ccc(-c3ccc(C(C)CCC(C)C)cc3)cc2F)cc1. The third kappa shape index (κ3) is 4.86. The number of hydrogen-bond donors (Lipinski definition) is 0. The number of rotatable bonds is 6. The molecule has 0 bridgehead atoms. The molecule has 0 aliphatic carbocycles. The van der Waals surface area contributed by atoms with Crippen LogP contribution in [0.2, 0.25) is 0 Å². The molecular formula is C26H29F. The van der Waals surface area contributed by atoms with E-state index < -0.39 is 0 Å². The van der Waals surface area contributed by atoms with Gasteiger partial charge >= 0.3 is 0 Å². The summed E-state index contributed by atoms with van der Waals surface area (Å²) in [6, 6.07) is 22.1. The molecule has 3 aromatic carbocycles. The molecule has 0 saturated heterocycles. The molecule has 0 amide bonds. The fourth-order valence-corrected chi connectivity index (χ4v) is 3.42. The molecule has 140 valence electrons. The quantitative estimate of drug-likeness (QED) is 0.417. The summed E-state index contributed by atoms with van der Waals surface area (Å²) in [5.41, 5.74) is 6.08. The second kappa shape index (κ2) is 8.52. The highest BCUT2D eigenvalue weighted by molar-refractivity contribution is 5.71. The van der Waals surface area contributed by atoms with Crippen LogP contribution in [0.3, 0.4) is 0 Å². The first-order valence-electron chi connectivity index (χ1n) is 9.91. The van der Waals surface area contributed by atoms with E-state index in [0.717, 1.165) is 22.6 Å². The van der Waals surface area contributed by atoms with Gasteiger partial charge in [0.2, 0.25) is 0 Å². The smallest absolute Gasteiger partial charge is 0.131 e. The van der Waals surface area contributed by atoms with Crippen molar-refractivity contribution in [3.63, 3.8) is 0 Å².